The first-order valence-electron chi connectivity index (χ1n) is 7.92. The van der Waals surface area contributed by atoms with Gasteiger partial charge in [-0.3, -0.25) is 0 Å². The summed E-state index contributed by atoms with van der Waals surface area (Å²) in [6, 6.07) is 0.754. The van der Waals surface area contributed by atoms with E-state index in [-0.39, 0.29) is 0 Å². The van der Waals surface area contributed by atoms with Gasteiger partial charge in [0.05, 0.1) is 0 Å². The van der Waals surface area contributed by atoms with Crippen molar-refractivity contribution in [1.29, 1.82) is 0 Å². The van der Waals surface area contributed by atoms with Crippen LogP contribution in [0.5, 0.6) is 0 Å². The molecule has 0 aliphatic heterocycles. The van der Waals surface area contributed by atoms with E-state index < -0.39 is 0 Å². The Hall–Kier alpha value is -0.0800. The average molecular weight is 255 g/mol. The Morgan fingerprint density at radius 3 is 2.50 bits per heavy atom. The van der Waals surface area contributed by atoms with Gasteiger partial charge in [-0.2, -0.15) is 0 Å². The molecule has 18 heavy (non-hydrogen) atoms. The molecule has 1 fully saturated rings. The zero-order valence-corrected chi connectivity index (χ0v) is 12.9. The van der Waals surface area contributed by atoms with E-state index >= 15 is 0 Å². The van der Waals surface area contributed by atoms with Crippen LogP contribution >= 0.6 is 0 Å². The van der Waals surface area contributed by atoms with Crippen molar-refractivity contribution in [3.8, 4) is 0 Å². The topological polar surface area (TPSA) is 21.3 Å². The normalized spacial score (nSPS) is 25.0. The van der Waals surface area contributed by atoms with Gasteiger partial charge in [-0.05, 0) is 43.6 Å². The first kappa shape index (κ1) is 16.0. The van der Waals surface area contributed by atoms with E-state index in [1.165, 1.54) is 25.7 Å². The fourth-order valence-electron chi connectivity index (χ4n) is 2.99. The second kappa shape index (κ2) is 8.92. The molecule has 0 radical (unpaired) electrons. The van der Waals surface area contributed by atoms with Crippen LogP contribution in [0.2, 0.25) is 0 Å². The summed E-state index contributed by atoms with van der Waals surface area (Å²) in [5.41, 5.74) is 0. The third kappa shape index (κ3) is 6.19. The Balaban J connectivity index is 2.09. The van der Waals surface area contributed by atoms with Crippen LogP contribution in [0.15, 0.2) is 0 Å². The van der Waals surface area contributed by atoms with E-state index in [0.29, 0.717) is 5.92 Å². The van der Waals surface area contributed by atoms with Crippen molar-refractivity contribution in [1.82, 2.24) is 5.32 Å². The quantitative estimate of drug-likeness (QED) is 0.665. The highest BCUT2D eigenvalue weighted by atomic mass is 16.5. The largest absolute Gasteiger partial charge is 0.381 e. The van der Waals surface area contributed by atoms with E-state index in [2.05, 4.69) is 33.0 Å². The highest BCUT2D eigenvalue weighted by Gasteiger charge is 2.26. The molecule has 1 rings (SSSR count). The predicted octanol–water partition coefficient (Wildman–Crippen LogP) is 3.85. The maximum Gasteiger partial charge on any atom is 0.0489 e. The summed E-state index contributed by atoms with van der Waals surface area (Å²) in [5.74, 6) is 2.36. The summed E-state index contributed by atoms with van der Waals surface area (Å²) in [6.07, 6.45) is 6.77. The fourth-order valence-corrected chi connectivity index (χ4v) is 2.99. The van der Waals surface area contributed by atoms with Crippen molar-refractivity contribution in [2.45, 2.75) is 65.8 Å². The van der Waals surface area contributed by atoms with Crippen molar-refractivity contribution < 1.29 is 4.74 Å². The molecule has 2 heteroatoms. The molecular formula is C16H33NO. The minimum atomic E-state index is 0.654. The van der Waals surface area contributed by atoms with E-state index in [1.54, 1.807) is 0 Å². The SMILES string of the molecule is CC(C)COCCCNC1CCCCC1C(C)C. The molecule has 2 unspecified atom stereocenters. The number of hydrogen-bond acceptors (Lipinski definition) is 2. The highest BCUT2D eigenvalue weighted by Crippen LogP contribution is 2.30. The Morgan fingerprint density at radius 2 is 1.83 bits per heavy atom. The summed E-state index contributed by atoms with van der Waals surface area (Å²) in [4.78, 5) is 0. The maximum atomic E-state index is 5.62. The minimum Gasteiger partial charge on any atom is -0.381 e. The first-order chi connectivity index (χ1) is 8.61. The smallest absolute Gasteiger partial charge is 0.0489 e. The minimum absolute atomic E-state index is 0.654. The van der Waals surface area contributed by atoms with Crippen LogP contribution in [0.3, 0.4) is 0 Å². The third-order valence-electron chi connectivity index (χ3n) is 4.00. The Kier molecular flexibility index (Phi) is 7.92. The van der Waals surface area contributed by atoms with Gasteiger partial charge in [-0.15, -0.1) is 0 Å². The van der Waals surface area contributed by atoms with Crippen LogP contribution in [0.4, 0.5) is 0 Å². The van der Waals surface area contributed by atoms with Crippen LogP contribution < -0.4 is 5.32 Å². The summed E-state index contributed by atoms with van der Waals surface area (Å²) in [5, 5.41) is 3.76. The standard InChI is InChI=1S/C16H33NO/c1-13(2)12-18-11-7-10-17-16-9-6-5-8-15(16)14(3)4/h13-17H,5-12H2,1-4H3. The van der Waals surface area contributed by atoms with Crippen molar-refractivity contribution in [2.24, 2.45) is 17.8 Å². The van der Waals surface area contributed by atoms with Crippen molar-refractivity contribution >= 4 is 0 Å². The van der Waals surface area contributed by atoms with Gasteiger partial charge in [0.15, 0.2) is 0 Å². The molecule has 0 amide bonds. The summed E-state index contributed by atoms with van der Waals surface area (Å²) in [6.45, 7) is 12.1. The Morgan fingerprint density at radius 1 is 1.11 bits per heavy atom. The van der Waals surface area contributed by atoms with Crippen LogP contribution in [0.1, 0.15) is 59.8 Å². The maximum absolute atomic E-state index is 5.62. The zero-order chi connectivity index (χ0) is 13.4. The lowest BCUT2D eigenvalue weighted by Crippen LogP contribution is -2.41. The number of ether oxygens (including phenoxy) is 1. The van der Waals surface area contributed by atoms with Gasteiger partial charge in [0, 0.05) is 19.3 Å². The lowest BCUT2D eigenvalue weighted by molar-refractivity contribution is 0.105. The number of nitrogens with one attached hydrogen (secondary N) is 1. The van der Waals surface area contributed by atoms with Crippen molar-refractivity contribution in [2.75, 3.05) is 19.8 Å². The van der Waals surface area contributed by atoms with Crippen LogP contribution in [-0.4, -0.2) is 25.8 Å². The lowest BCUT2D eigenvalue weighted by Gasteiger charge is -2.35. The monoisotopic (exact) mass is 255 g/mol. The van der Waals surface area contributed by atoms with E-state index in [0.717, 1.165) is 44.1 Å². The highest BCUT2D eigenvalue weighted by molar-refractivity contribution is 4.82. The lowest BCUT2D eigenvalue weighted by atomic mass is 9.78. The van der Waals surface area contributed by atoms with Gasteiger partial charge >= 0.3 is 0 Å². The molecule has 2 nitrogen and oxygen atoms in total. The molecule has 0 spiro atoms. The van der Waals surface area contributed by atoms with Crippen LogP contribution in [0.25, 0.3) is 0 Å². The number of hydrogen-bond donors (Lipinski definition) is 1. The second-order valence-electron chi connectivity index (χ2n) is 6.58. The van der Waals surface area contributed by atoms with E-state index in [1.807, 2.05) is 0 Å². The van der Waals surface area contributed by atoms with E-state index in [9.17, 15) is 0 Å². The van der Waals surface area contributed by atoms with Crippen LogP contribution in [-0.2, 0) is 4.74 Å². The van der Waals surface area contributed by atoms with Gasteiger partial charge in [0.1, 0.15) is 0 Å². The molecule has 1 aliphatic rings. The molecule has 2 atom stereocenters. The predicted molar refractivity (Wildman–Crippen MR) is 78.9 cm³/mol. The first-order valence-corrected chi connectivity index (χ1v) is 7.92. The van der Waals surface area contributed by atoms with Gasteiger partial charge in [-0.25, -0.2) is 0 Å². The molecular weight excluding hydrogens is 222 g/mol. The van der Waals surface area contributed by atoms with Crippen molar-refractivity contribution in [3.63, 3.8) is 0 Å². The number of rotatable bonds is 8. The molecule has 1 saturated carbocycles. The molecule has 1 aliphatic carbocycles. The summed E-state index contributed by atoms with van der Waals surface area (Å²) < 4.78 is 5.62. The van der Waals surface area contributed by atoms with Gasteiger partial charge in [0.25, 0.3) is 0 Å². The summed E-state index contributed by atoms with van der Waals surface area (Å²) in [7, 11) is 0. The molecule has 0 aromatic heterocycles. The van der Waals surface area contributed by atoms with Gasteiger partial charge < -0.3 is 10.1 Å². The molecule has 0 aromatic rings. The third-order valence-corrected chi connectivity index (χ3v) is 4.00. The zero-order valence-electron chi connectivity index (χ0n) is 12.9. The Labute approximate surface area is 114 Å². The molecule has 0 aromatic carbocycles. The molecule has 0 bridgehead atoms. The van der Waals surface area contributed by atoms with Crippen LogP contribution in [0, 0.1) is 17.8 Å². The fraction of sp³-hybridized carbons (Fsp3) is 1.00. The molecule has 0 heterocycles. The molecule has 108 valence electrons. The van der Waals surface area contributed by atoms with Gasteiger partial charge in [0.2, 0.25) is 0 Å². The second-order valence-corrected chi connectivity index (χ2v) is 6.58. The average Bonchev–Trinajstić information content (AvgIpc) is 2.33. The summed E-state index contributed by atoms with van der Waals surface area (Å²) >= 11 is 0. The van der Waals surface area contributed by atoms with Gasteiger partial charge in [-0.1, -0.05) is 40.5 Å². The van der Waals surface area contributed by atoms with Crippen molar-refractivity contribution in [3.05, 3.63) is 0 Å². The molecule has 0 saturated heterocycles. The van der Waals surface area contributed by atoms with E-state index in [4.69, 9.17) is 4.74 Å². The molecule has 1 N–H and O–H groups in total. The Bertz CT molecular complexity index is 203.